The van der Waals surface area contributed by atoms with Gasteiger partial charge in [-0.1, -0.05) is 23.1 Å². The molecule has 1 aromatic rings. The maximum Gasteiger partial charge on any atom is 0.206 e. The average Bonchev–Trinajstić information content (AvgIpc) is 2.48. The van der Waals surface area contributed by atoms with Gasteiger partial charge in [0, 0.05) is 18.3 Å². The molecule has 0 unspecified atom stereocenters. The molecule has 3 N–H and O–H groups in total. The summed E-state index contributed by atoms with van der Waals surface area (Å²) >= 11 is 3.22. The highest BCUT2D eigenvalue weighted by Gasteiger charge is 2.04. The van der Waals surface area contributed by atoms with Crippen molar-refractivity contribution in [1.82, 2.24) is 10.2 Å². The Morgan fingerprint density at radius 3 is 2.92 bits per heavy atom. The molecule has 0 fully saturated rings. The zero-order valence-corrected chi connectivity index (χ0v) is 9.41. The summed E-state index contributed by atoms with van der Waals surface area (Å²) in [7, 11) is 0. The van der Waals surface area contributed by atoms with Crippen LogP contribution in [0.4, 0.5) is 5.13 Å². The van der Waals surface area contributed by atoms with Gasteiger partial charge < -0.3 is 11.1 Å². The van der Waals surface area contributed by atoms with E-state index in [9.17, 15) is 0 Å². The third-order valence-corrected chi connectivity index (χ3v) is 3.18. The molecule has 13 heavy (non-hydrogen) atoms. The van der Waals surface area contributed by atoms with Crippen LogP contribution in [0.15, 0.2) is 4.34 Å². The fraction of sp³-hybridized carbons (Fsp3) is 0.714. The molecule has 0 aliphatic carbocycles. The predicted octanol–water partition coefficient (Wildman–Crippen LogP) is 1.41. The molecule has 0 aliphatic heterocycles. The minimum Gasteiger partial charge on any atom is -0.358 e. The lowest BCUT2D eigenvalue weighted by Gasteiger charge is -2.02. The zero-order valence-electron chi connectivity index (χ0n) is 7.78. The lowest BCUT2D eigenvalue weighted by atomic mass is 10.4. The van der Waals surface area contributed by atoms with Crippen LogP contribution in [0, 0.1) is 0 Å². The van der Waals surface area contributed by atoms with Crippen molar-refractivity contribution in [1.29, 1.82) is 0 Å². The second kappa shape index (κ2) is 5.41. The molecule has 0 atom stereocenters. The Morgan fingerprint density at radius 1 is 1.54 bits per heavy atom. The zero-order chi connectivity index (χ0) is 9.68. The molecule has 0 radical (unpaired) electrons. The van der Waals surface area contributed by atoms with E-state index in [0.717, 1.165) is 15.2 Å². The third-order valence-electron chi connectivity index (χ3n) is 1.16. The summed E-state index contributed by atoms with van der Waals surface area (Å²) in [5.74, 6) is 0.899. The van der Waals surface area contributed by atoms with Crippen LogP contribution in [0.2, 0.25) is 0 Å². The molecule has 74 valence electrons. The number of hydrogen-bond donors (Lipinski definition) is 2. The van der Waals surface area contributed by atoms with Crippen molar-refractivity contribution >= 4 is 28.2 Å². The summed E-state index contributed by atoms with van der Waals surface area (Å²) in [5.41, 5.74) is 5.38. The number of hydrogen-bond acceptors (Lipinski definition) is 6. The Labute approximate surface area is 86.3 Å². The van der Waals surface area contributed by atoms with Gasteiger partial charge in [-0.05, 0) is 13.8 Å². The van der Waals surface area contributed by atoms with E-state index in [-0.39, 0.29) is 0 Å². The van der Waals surface area contributed by atoms with E-state index in [1.807, 2.05) is 0 Å². The smallest absolute Gasteiger partial charge is 0.206 e. The van der Waals surface area contributed by atoms with Gasteiger partial charge in [0.25, 0.3) is 0 Å². The summed E-state index contributed by atoms with van der Waals surface area (Å²) in [4.78, 5) is 0. The maximum atomic E-state index is 5.38. The summed E-state index contributed by atoms with van der Waals surface area (Å²) < 4.78 is 0.980. The fourth-order valence-electron chi connectivity index (χ4n) is 0.720. The summed E-state index contributed by atoms with van der Waals surface area (Å²) in [6.07, 6.45) is 0. The van der Waals surface area contributed by atoms with Crippen LogP contribution in [-0.2, 0) is 0 Å². The van der Waals surface area contributed by atoms with Crippen LogP contribution in [0.5, 0.6) is 0 Å². The SMILES string of the molecule is CC(C)Nc1nnc(SCCN)s1. The topological polar surface area (TPSA) is 63.8 Å². The second-order valence-corrected chi connectivity index (χ2v) is 5.13. The fourth-order valence-corrected chi connectivity index (χ4v) is 2.46. The number of thioether (sulfide) groups is 1. The molecule has 0 amide bonds. The van der Waals surface area contributed by atoms with Gasteiger partial charge in [0.05, 0.1) is 0 Å². The third kappa shape index (κ3) is 3.93. The van der Waals surface area contributed by atoms with Crippen LogP contribution < -0.4 is 11.1 Å². The van der Waals surface area contributed by atoms with Crippen LogP contribution in [-0.4, -0.2) is 28.5 Å². The number of nitrogens with one attached hydrogen (secondary N) is 1. The van der Waals surface area contributed by atoms with E-state index in [1.165, 1.54) is 0 Å². The standard InChI is InChI=1S/C7H14N4S2/c1-5(2)9-6-10-11-7(13-6)12-4-3-8/h5H,3-4,8H2,1-2H3,(H,9,10). The van der Waals surface area contributed by atoms with E-state index in [2.05, 4.69) is 29.4 Å². The first-order valence-corrected chi connectivity index (χ1v) is 5.95. The van der Waals surface area contributed by atoms with Crippen molar-refractivity contribution in [2.24, 2.45) is 5.73 Å². The van der Waals surface area contributed by atoms with Gasteiger partial charge in [-0.2, -0.15) is 0 Å². The van der Waals surface area contributed by atoms with Crippen molar-refractivity contribution in [2.75, 3.05) is 17.6 Å². The van der Waals surface area contributed by atoms with Gasteiger partial charge in [-0.3, -0.25) is 0 Å². The van der Waals surface area contributed by atoms with Crippen molar-refractivity contribution < 1.29 is 0 Å². The molecular formula is C7H14N4S2. The van der Waals surface area contributed by atoms with Crippen LogP contribution >= 0.6 is 23.1 Å². The van der Waals surface area contributed by atoms with Gasteiger partial charge in [0.2, 0.25) is 5.13 Å². The van der Waals surface area contributed by atoms with Gasteiger partial charge in [-0.15, -0.1) is 10.2 Å². The average molecular weight is 218 g/mol. The Balaban J connectivity index is 2.44. The first kappa shape index (κ1) is 10.7. The molecular weight excluding hydrogens is 204 g/mol. The molecule has 0 aromatic carbocycles. The van der Waals surface area contributed by atoms with Crippen LogP contribution in [0.1, 0.15) is 13.8 Å². The quantitative estimate of drug-likeness (QED) is 0.732. The Bertz CT molecular complexity index is 248. The second-order valence-electron chi connectivity index (χ2n) is 2.81. The lowest BCUT2D eigenvalue weighted by Crippen LogP contribution is -2.08. The Hall–Kier alpha value is -0.330. The minimum atomic E-state index is 0.403. The lowest BCUT2D eigenvalue weighted by molar-refractivity contribution is 0.883. The number of anilines is 1. The molecule has 1 aromatic heterocycles. The van der Waals surface area contributed by atoms with Gasteiger partial charge >= 0.3 is 0 Å². The first-order chi connectivity index (χ1) is 6.22. The van der Waals surface area contributed by atoms with Crippen molar-refractivity contribution in [3.05, 3.63) is 0 Å². The molecule has 6 heteroatoms. The summed E-state index contributed by atoms with van der Waals surface area (Å²) in [6.45, 7) is 4.83. The summed E-state index contributed by atoms with van der Waals surface area (Å²) in [5, 5.41) is 12.1. The number of nitrogens with zero attached hydrogens (tertiary/aromatic N) is 2. The van der Waals surface area contributed by atoms with Gasteiger partial charge in [-0.25, -0.2) is 0 Å². The van der Waals surface area contributed by atoms with E-state index in [0.29, 0.717) is 12.6 Å². The van der Waals surface area contributed by atoms with Crippen molar-refractivity contribution in [3.8, 4) is 0 Å². The Kier molecular flexibility index (Phi) is 4.47. The maximum absolute atomic E-state index is 5.38. The molecule has 0 bridgehead atoms. The predicted molar refractivity (Wildman–Crippen MR) is 58.4 cm³/mol. The van der Waals surface area contributed by atoms with E-state index >= 15 is 0 Å². The van der Waals surface area contributed by atoms with Crippen LogP contribution in [0.3, 0.4) is 0 Å². The summed E-state index contributed by atoms with van der Waals surface area (Å²) in [6, 6.07) is 0.403. The number of nitrogens with two attached hydrogens (primary N) is 1. The van der Waals surface area contributed by atoms with Gasteiger partial charge in [0.1, 0.15) is 0 Å². The molecule has 0 spiro atoms. The van der Waals surface area contributed by atoms with E-state index < -0.39 is 0 Å². The minimum absolute atomic E-state index is 0.403. The molecule has 4 nitrogen and oxygen atoms in total. The number of rotatable bonds is 5. The molecule has 1 heterocycles. The normalized spacial score (nSPS) is 10.8. The highest BCUT2D eigenvalue weighted by atomic mass is 32.2. The molecule has 0 saturated heterocycles. The largest absolute Gasteiger partial charge is 0.358 e. The Morgan fingerprint density at radius 2 is 2.31 bits per heavy atom. The van der Waals surface area contributed by atoms with Crippen LogP contribution in [0.25, 0.3) is 0 Å². The monoisotopic (exact) mass is 218 g/mol. The highest BCUT2D eigenvalue weighted by molar-refractivity contribution is 8.01. The molecule has 0 saturated carbocycles. The van der Waals surface area contributed by atoms with E-state index in [1.54, 1.807) is 23.1 Å². The first-order valence-electron chi connectivity index (χ1n) is 4.15. The van der Waals surface area contributed by atoms with Gasteiger partial charge in [0.15, 0.2) is 4.34 Å². The molecule has 0 aliphatic rings. The van der Waals surface area contributed by atoms with Crippen molar-refractivity contribution in [2.45, 2.75) is 24.2 Å². The highest BCUT2D eigenvalue weighted by Crippen LogP contribution is 2.25. The molecule has 1 rings (SSSR count). The van der Waals surface area contributed by atoms with Crippen molar-refractivity contribution in [3.63, 3.8) is 0 Å². The van der Waals surface area contributed by atoms with E-state index in [4.69, 9.17) is 5.73 Å². The number of aromatic nitrogens is 2.